The van der Waals surface area contributed by atoms with Gasteiger partial charge in [0, 0.05) is 23.7 Å². The van der Waals surface area contributed by atoms with Crippen LogP contribution in [-0.4, -0.2) is 39.7 Å². The molecule has 9 heteroatoms. The molecule has 0 aliphatic carbocycles. The highest BCUT2D eigenvalue weighted by Crippen LogP contribution is 2.53. The molecule has 2 fully saturated rings. The topological polar surface area (TPSA) is 116 Å². The van der Waals surface area contributed by atoms with Crippen molar-refractivity contribution in [1.82, 2.24) is 10.2 Å². The number of anilines is 1. The molecule has 2 aromatic carbocycles. The van der Waals surface area contributed by atoms with Crippen molar-refractivity contribution in [3.05, 3.63) is 65.5 Å². The second-order valence-electron chi connectivity index (χ2n) is 8.38. The minimum atomic E-state index is -1.45. The third-order valence-corrected chi connectivity index (χ3v) is 6.64. The van der Waals surface area contributed by atoms with E-state index in [9.17, 15) is 23.6 Å². The maximum atomic E-state index is 13.6. The van der Waals surface area contributed by atoms with Gasteiger partial charge in [-0.2, -0.15) is 0 Å². The number of fused-ring (bicyclic) bond motifs is 4. The third kappa shape index (κ3) is 2.85. The van der Waals surface area contributed by atoms with Gasteiger partial charge in [-0.25, -0.2) is 4.39 Å². The number of para-hydroxylation sites is 1. The van der Waals surface area contributed by atoms with E-state index < -0.39 is 52.9 Å². The Morgan fingerprint density at radius 3 is 2.50 bits per heavy atom. The fraction of sp³-hybridized carbons (Fsp3) is 0.304. The number of carbonyl (C=O) groups excluding carboxylic acids is 3. The van der Waals surface area contributed by atoms with Gasteiger partial charge in [0.25, 0.3) is 0 Å². The fourth-order valence-electron chi connectivity index (χ4n) is 5.27. The van der Waals surface area contributed by atoms with Crippen molar-refractivity contribution in [3.8, 4) is 0 Å². The molecule has 0 aromatic heterocycles. The Hall–Kier alpha value is -3.59. The van der Waals surface area contributed by atoms with Gasteiger partial charge in [0.2, 0.25) is 17.7 Å². The number of carboxylic acid groups (broad SMARTS) is 1. The number of halogens is 1. The lowest BCUT2D eigenvalue weighted by atomic mass is 9.76. The van der Waals surface area contributed by atoms with Crippen LogP contribution in [0.3, 0.4) is 0 Å². The summed E-state index contributed by atoms with van der Waals surface area (Å²) in [6.45, 7) is -0.0457. The van der Waals surface area contributed by atoms with Gasteiger partial charge in [-0.1, -0.05) is 30.3 Å². The van der Waals surface area contributed by atoms with E-state index in [2.05, 4.69) is 10.6 Å². The zero-order valence-electron chi connectivity index (χ0n) is 16.9. The normalized spacial score (nSPS) is 28.2. The van der Waals surface area contributed by atoms with Crippen LogP contribution >= 0.6 is 0 Å². The molecule has 1 spiro atoms. The molecule has 2 unspecified atom stereocenters. The molecule has 0 bridgehead atoms. The predicted octanol–water partition coefficient (Wildman–Crippen LogP) is 1.61. The minimum Gasteiger partial charge on any atom is -0.481 e. The van der Waals surface area contributed by atoms with E-state index in [-0.39, 0.29) is 19.4 Å². The largest absolute Gasteiger partial charge is 0.481 e. The number of carboxylic acids is 1. The van der Waals surface area contributed by atoms with Crippen LogP contribution in [0.1, 0.15) is 24.0 Å². The molecule has 2 aromatic rings. The van der Waals surface area contributed by atoms with Crippen molar-refractivity contribution in [2.45, 2.75) is 31.0 Å². The summed E-state index contributed by atoms with van der Waals surface area (Å²) in [6.07, 6.45) is -0.114. The first-order chi connectivity index (χ1) is 15.3. The number of aliphatic carboxylic acids is 1. The molecule has 3 amide bonds. The van der Waals surface area contributed by atoms with Crippen LogP contribution in [0.25, 0.3) is 0 Å². The number of amides is 3. The maximum absolute atomic E-state index is 13.6. The average molecular weight is 437 g/mol. The molecular weight excluding hydrogens is 417 g/mol. The molecule has 32 heavy (non-hydrogen) atoms. The van der Waals surface area contributed by atoms with Gasteiger partial charge in [-0.3, -0.25) is 29.4 Å². The standard InChI is InChI=1S/C23H20FN3O5/c24-13-7-5-12(6-8-13)11-27-20(30)18-16(9-10-17(28)29)26-23(19(18)21(27)31)14-3-1-2-4-15(14)25-22(23)32/h1-8,16,18-19,26H,9-11H2,(H,25,32)(H,28,29)/t16?,18-,19+,23?/m0/s1. The number of hydrogen-bond acceptors (Lipinski definition) is 5. The van der Waals surface area contributed by atoms with E-state index >= 15 is 0 Å². The van der Waals surface area contributed by atoms with Crippen LogP contribution < -0.4 is 10.6 Å². The summed E-state index contributed by atoms with van der Waals surface area (Å²) in [6, 6.07) is 11.8. The van der Waals surface area contributed by atoms with Gasteiger partial charge in [0.05, 0.1) is 18.4 Å². The molecule has 3 N–H and O–H groups in total. The zero-order valence-corrected chi connectivity index (χ0v) is 16.9. The first kappa shape index (κ1) is 20.3. The summed E-state index contributed by atoms with van der Waals surface area (Å²) in [5.74, 6) is -4.72. The molecule has 3 aliphatic rings. The number of nitrogens with zero attached hydrogens (tertiary/aromatic N) is 1. The summed E-state index contributed by atoms with van der Waals surface area (Å²) < 4.78 is 13.3. The van der Waals surface area contributed by atoms with Crippen molar-refractivity contribution in [1.29, 1.82) is 0 Å². The van der Waals surface area contributed by atoms with Crippen molar-refractivity contribution >= 4 is 29.4 Å². The summed E-state index contributed by atoms with van der Waals surface area (Å²) in [7, 11) is 0. The quantitative estimate of drug-likeness (QED) is 0.612. The van der Waals surface area contributed by atoms with Crippen molar-refractivity contribution in [3.63, 3.8) is 0 Å². The van der Waals surface area contributed by atoms with Crippen LogP contribution in [0.15, 0.2) is 48.5 Å². The van der Waals surface area contributed by atoms with Gasteiger partial charge in [0.1, 0.15) is 11.4 Å². The number of nitrogens with one attached hydrogen (secondary N) is 2. The molecule has 4 atom stereocenters. The highest BCUT2D eigenvalue weighted by atomic mass is 19.1. The van der Waals surface area contributed by atoms with Crippen molar-refractivity contribution in [2.24, 2.45) is 11.8 Å². The van der Waals surface area contributed by atoms with E-state index in [1.54, 1.807) is 24.3 Å². The van der Waals surface area contributed by atoms with Gasteiger partial charge >= 0.3 is 5.97 Å². The number of imide groups is 1. The molecule has 0 saturated carbocycles. The van der Waals surface area contributed by atoms with Gasteiger partial charge < -0.3 is 10.4 Å². The van der Waals surface area contributed by atoms with Crippen LogP contribution in [0.5, 0.6) is 0 Å². The SMILES string of the molecule is O=C(O)CCC1NC2(C(=O)Nc3ccccc32)[C@H]2C(=O)N(Cc3ccc(F)cc3)C(=O)[C@@H]12. The predicted molar refractivity (Wildman–Crippen MR) is 109 cm³/mol. The van der Waals surface area contributed by atoms with E-state index in [4.69, 9.17) is 5.11 Å². The number of benzene rings is 2. The van der Waals surface area contributed by atoms with Gasteiger partial charge in [0.15, 0.2) is 0 Å². The van der Waals surface area contributed by atoms with Crippen molar-refractivity contribution in [2.75, 3.05) is 5.32 Å². The molecule has 2 saturated heterocycles. The van der Waals surface area contributed by atoms with Crippen LogP contribution in [-0.2, 0) is 31.3 Å². The second kappa shape index (κ2) is 7.23. The lowest BCUT2D eigenvalue weighted by Gasteiger charge is -2.29. The summed E-state index contributed by atoms with van der Waals surface area (Å²) >= 11 is 0. The Kier molecular flexibility index (Phi) is 4.59. The number of hydrogen-bond donors (Lipinski definition) is 3. The lowest BCUT2D eigenvalue weighted by molar-refractivity contribution is -0.144. The zero-order chi connectivity index (χ0) is 22.6. The molecule has 3 aliphatic heterocycles. The van der Waals surface area contributed by atoms with Crippen LogP contribution in [0.4, 0.5) is 10.1 Å². The Morgan fingerprint density at radius 1 is 1.06 bits per heavy atom. The van der Waals surface area contributed by atoms with E-state index in [0.717, 1.165) is 4.90 Å². The number of likely N-dealkylation sites (tertiary alicyclic amines) is 1. The second-order valence-corrected chi connectivity index (χ2v) is 8.38. The smallest absolute Gasteiger partial charge is 0.303 e. The van der Waals surface area contributed by atoms with Gasteiger partial charge in [-0.05, 0) is 30.2 Å². The highest BCUT2D eigenvalue weighted by molar-refractivity contribution is 6.15. The third-order valence-electron chi connectivity index (χ3n) is 6.64. The van der Waals surface area contributed by atoms with Gasteiger partial charge in [-0.15, -0.1) is 0 Å². The Bertz CT molecular complexity index is 1150. The molecule has 8 nitrogen and oxygen atoms in total. The molecular formula is C23H20FN3O5. The molecule has 5 rings (SSSR count). The van der Waals surface area contributed by atoms with Crippen molar-refractivity contribution < 1.29 is 28.7 Å². The summed E-state index contributed by atoms with van der Waals surface area (Å²) in [5.41, 5.74) is 0.255. The Balaban J connectivity index is 1.56. The number of carbonyl (C=O) groups is 4. The monoisotopic (exact) mass is 437 g/mol. The Morgan fingerprint density at radius 2 is 1.78 bits per heavy atom. The summed E-state index contributed by atoms with van der Waals surface area (Å²) in [5, 5.41) is 15.2. The minimum absolute atomic E-state index is 0.0457. The van der Waals surface area contributed by atoms with Crippen LogP contribution in [0, 0.1) is 17.7 Å². The first-order valence-corrected chi connectivity index (χ1v) is 10.3. The van der Waals surface area contributed by atoms with Crippen LogP contribution in [0.2, 0.25) is 0 Å². The highest BCUT2D eigenvalue weighted by Gasteiger charge is 2.70. The van der Waals surface area contributed by atoms with E-state index in [0.29, 0.717) is 16.8 Å². The maximum Gasteiger partial charge on any atom is 0.303 e. The summed E-state index contributed by atoms with van der Waals surface area (Å²) in [4.78, 5) is 52.5. The van der Waals surface area contributed by atoms with E-state index in [1.165, 1.54) is 24.3 Å². The fourth-order valence-corrected chi connectivity index (χ4v) is 5.27. The first-order valence-electron chi connectivity index (χ1n) is 10.3. The Labute approximate surface area is 182 Å². The average Bonchev–Trinajstić information content (AvgIpc) is 3.34. The molecule has 164 valence electrons. The number of rotatable bonds is 5. The molecule has 3 heterocycles. The molecule has 0 radical (unpaired) electrons. The van der Waals surface area contributed by atoms with E-state index in [1.807, 2.05) is 0 Å². The lowest BCUT2D eigenvalue weighted by Crippen LogP contribution is -2.53.